The molecule has 2 atom stereocenters. The Morgan fingerprint density at radius 2 is 1.88 bits per heavy atom. The first-order valence-corrected chi connectivity index (χ1v) is 10.8. The van der Waals surface area contributed by atoms with Gasteiger partial charge in [0.25, 0.3) is 0 Å². The lowest BCUT2D eigenvalue weighted by Gasteiger charge is -2.24. The second kappa shape index (κ2) is 7.81. The molecule has 1 aliphatic carbocycles. The van der Waals surface area contributed by atoms with E-state index in [4.69, 9.17) is 0 Å². The molecular weight excluding hydrogens is 417 g/mol. The van der Waals surface area contributed by atoms with Crippen LogP contribution in [0, 0.1) is 5.92 Å². The highest BCUT2D eigenvalue weighted by Crippen LogP contribution is 2.40. The van der Waals surface area contributed by atoms with Crippen molar-refractivity contribution in [2.75, 3.05) is 5.32 Å². The number of H-pyrrole nitrogens is 1. The van der Waals surface area contributed by atoms with Crippen molar-refractivity contribution in [1.82, 2.24) is 4.98 Å². The van der Waals surface area contributed by atoms with Crippen molar-refractivity contribution in [3.63, 3.8) is 0 Å². The van der Waals surface area contributed by atoms with Crippen molar-refractivity contribution in [2.24, 2.45) is 5.92 Å². The summed E-state index contributed by atoms with van der Waals surface area (Å²) in [5.74, 6) is -0.149. The Hall–Kier alpha value is -3.06. The summed E-state index contributed by atoms with van der Waals surface area (Å²) < 4.78 is 39.8. The molecule has 2 heterocycles. The highest BCUT2D eigenvalue weighted by atomic mass is 19.4. The van der Waals surface area contributed by atoms with Crippen LogP contribution >= 0.6 is 0 Å². The smallest absolute Gasteiger partial charge is 0.393 e. The van der Waals surface area contributed by atoms with Crippen molar-refractivity contribution in [3.8, 4) is 11.3 Å². The van der Waals surface area contributed by atoms with Crippen molar-refractivity contribution in [2.45, 2.75) is 44.4 Å². The zero-order valence-electron chi connectivity index (χ0n) is 17.3. The molecule has 32 heavy (non-hydrogen) atoms. The van der Waals surface area contributed by atoms with Gasteiger partial charge in [0.2, 0.25) is 5.91 Å². The number of rotatable bonds is 2. The van der Waals surface area contributed by atoms with E-state index < -0.39 is 11.7 Å². The topological polar surface area (TPSA) is 65.1 Å². The van der Waals surface area contributed by atoms with Gasteiger partial charge in [0.15, 0.2) is 0 Å². The van der Waals surface area contributed by atoms with Crippen LogP contribution in [0.5, 0.6) is 0 Å². The number of hydrogen-bond acceptors (Lipinski definition) is 2. The number of carbonyl (C=O) groups is 1. The second-order valence-corrected chi connectivity index (χ2v) is 8.64. The number of aliphatic hydroxyl groups is 1. The first-order valence-electron chi connectivity index (χ1n) is 10.8. The third kappa shape index (κ3) is 3.81. The minimum Gasteiger partial charge on any atom is -0.393 e. The lowest BCUT2D eigenvalue weighted by Crippen LogP contribution is -2.22. The van der Waals surface area contributed by atoms with Gasteiger partial charge < -0.3 is 15.4 Å². The minimum absolute atomic E-state index is 0.00916. The zero-order chi connectivity index (χ0) is 22.5. The monoisotopic (exact) mass is 440 g/mol. The largest absolute Gasteiger partial charge is 0.416 e. The number of fused-ring (bicyclic) bond motifs is 5. The molecule has 0 radical (unpaired) electrons. The lowest BCUT2D eigenvalue weighted by atomic mass is 9.86. The fourth-order valence-corrected chi connectivity index (χ4v) is 4.77. The molecule has 2 aromatic carbocycles. The van der Waals surface area contributed by atoms with Crippen LogP contribution in [0.3, 0.4) is 0 Å². The first-order chi connectivity index (χ1) is 15.3. The Balaban J connectivity index is 1.58. The average Bonchev–Trinajstić information content (AvgIpc) is 3.04. The van der Waals surface area contributed by atoms with E-state index in [1.807, 2.05) is 30.4 Å². The van der Waals surface area contributed by atoms with Crippen LogP contribution in [-0.4, -0.2) is 22.1 Å². The molecule has 1 aromatic heterocycles. The van der Waals surface area contributed by atoms with E-state index in [1.54, 1.807) is 0 Å². The van der Waals surface area contributed by atoms with Crippen molar-refractivity contribution in [1.29, 1.82) is 0 Å². The molecule has 1 amide bonds. The summed E-state index contributed by atoms with van der Waals surface area (Å²) in [4.78, 5) is 15.7. The third-order valence-corrected chi connectivity index (χ3v) is 6.48. The summed E-state index contributed by atoms with van der Waals surface area (Å²) >= 11 is 0. The Kier molecular flexibility index (Phi) is 5.08. The maximum absolute atomic E-state index is 13.3. The van der Waals surface area contributed by atoms with Gasteiger partial charge in [-0.15, -0.1) is 0 Å². The van der Waals surface area contributed by atoms with E-state index >= 15 is 0 Å². The van der Waals surface area contributed by atoms with Gasteiger partial charge in [-0.1, -0.05) is 31.1 Å². The number of nitrogens with one attached hydrogen (secondary N) is 2. The quantitative estimate of drug-likeness (QED) is 0.464. The number of carbonyl (C=O) groups excluding carboxylic acids is 1. The molecule has 0 saturated heterocycles. The summed E-state index contributed by atoms with van der Waals surface area (Å²) in [5.41, 5.74) is 3.30. The molecule has 5 rings (SSSR count). The Morgan fingerprint density at radius 3 is 2.66 bits per heavy atom. The molecule has 1 fully saturated rings. The van der Waals surface area contributed by atoms with Gasteiger partial charge in [0, 0.05) is 22.4 Å². The molecule has 7 heteroatoms. The summed E-state index contributed by atoms with van der Waals surface area (Å²) in [6.45, 7) is 0. The van der Waals surface area contributed by atoms with Crippen molar-refractivity contribution in [3.05, 3.63) is 59.2 Å². The number of aromatic amines is 1. The van der Waals surface area contributed by atoms with Crippen LogP contribution in [0.15, 0.2) is 42.5 Å². The number of anilines is 1. The van der Waals surface area contributed by atoms with E-state index in [-0.39, 0.29) is 24.3 Å². The Labute approximate surface area is 183 Å². The molecular formula is C25H23F3N2O2. The number of alkyl halides is 3. The van der Waals surface area contributed by atoms with Crippen LogP contribution in [-0.2, 0) is 17.4 Å². The molecule has 3 N–H and O–H groups in total. The van der Waals surface area contributed by atoms with Gasteiger partial charge in [-0.3, -0.25) is 4.79 Å². The van der Waals surface area contributed by atoms with Gasteiger partial charge in [-0.25, -0.2) is 0 Å². The number of benzene rings is 2. The molecule has 3 aromatic rings. The molecule has 1 saturated carbocycles. The number of hydrogen-bond donors (Lipinski definition) is 3. The van der Waals surface area contributed by atoms with Crippen LogP contribution in [0.2, 0.25) is 0 Å². The maximum Gasteiger partial charge on any atom is 0.416 e. The molecule has 4 nitrogen and oxygen atoms in total. The summed E-state index contributed by atoms with van der Waals surface area (Å²) in [5, 5.41) is 13.5. The Bertz CT molecular complexity index is 1230. The normalized spacial score (nSPS) is 21.3. The molecule has 166 valence electrons. The minimum atomic E-state index is -4.45. The SMILES string of the molecule is O=C1Cc2c([nH]c3ccc(C(F)(F)F)cc23)-c2cc(/C=C\C3CCCCC3O)ccc2N1. The number of halogens is 3. The Morgan fingerprint density at radius 1 is 1.06 bits per heavy atom. The van der Waals surface area contributed by atoms with Gasteiger partial charge in [-0.2, -0.15) is 13.2 Å². The number of aromatic nitrogens is 1. The van der Waals surface area contributed by atoms with Crippen LogP contribution in [0.25, 0.3) is 28.2 Å². The number of amides is 1. The van der Waals surface area contributed by atoms with E-state index in [2.05, 4.69) is 10.3 Å². The molecule has 0 bridgehead atoms. The van der Waals surface area contributed by atoms with Gasteiger partial charge in [-0.05, 0) is 54.3 Å². The molecule has 2 aliphatic rings. The lowest BCUT2D eigenvalue weighted by molar-refractivity contribution is -0.137. The summed E-state index contributed by atoms with van der Waals surface area (Å²) in [6.07, 6.45) is 3.11. The van der Waals surface area contributed by atoms with Crippen LogP contribution < -0.4 is 5.32 Å². The molecule has 2 unspecified atom stereocenters. The van der Waals surface area contributed by atoms with E-state index in [1.165, 1.54) is 6.07 Å². The highest BCUT2D eigenvalue weighted by Gasteiger charge is 2.32. The van der Waals surface area contributed by atoms with Crippen molar-refractivity contribution < 1.29 is 23.1 Å². The third-order valence-electron chi connectivity index (χ3n) is 6.48. The number of aliphatic hydroxyl groups excluding tert-OH is 1. The van der Waals surface area contributed by atoms with E-state index in [9.17, 15) is 23.1 Å². The second-order valence-electron chi connectivity index (χ2n) is 8.64. The first kappa shape index (κ1) is 20.8. The molecule has 1 aliphatic heterocycles. The predicted octanol–water partition coefficient (Wildman–Crippen LogP) is 5.91. The highest BCUT2D eigenvalue weighted by molar-refractivity contribution is 6.05. The van der Waals surface area contributed by atoms with Crippen LogP contribution in [0.4, 0.5) is 18.9 Å². The van der Waals surface area contributed by atoms with Gasteiger partial charge in [0.1, 0.15) is 0 Å². The van der Waals surface area contributed by atoms with Crippen LogP contribution in [0.1, 0.15) is 42.4 Å². The average molecular weight is 440 g/mol. The van der Waals surface area contributed by atoms with E-state index in [0.717, 1.165) is 48.9 Å². The predicted molar refractivity (Wildman–Crippen MR) is 118 cm³/mol. The van der Waals surface area contributed by atoms with Gasteiger partial charge >= 0.3 is 6.18 Å². The van der Waals surface area contributed by atoms with Gasteiger partial charge in [0.05, 0.1) is 29.5 Å². The fourth-order valence-electron chi connectivity index (χ4n) is 4.77. The van der Waals surface area contributed by atoms with Crippen molar-refractivity contribution >= 4 is 28.6 Å². The zero-order valence-corrected chi connectivity index (χ0v) is 17.3. The fraction of sp³-hybridized carbons (Fsp3) is 0.320. The standard InChI is InChI=1S/C25H23F3N2O2/c26-25(27,28)16-8-10-20-17(12-16)18-13-23(32)29-21-9-6-14(11-19(21)24(18)30-20)5-7-15-3-1-2-4-22(15)31/h5-12,15,22,30-31H,1-4,13H2,(H,29,32)/b7-5-. The summed E-state index contributed by atoms with van der Waals surface area (Å²) in [6, 6.07) is 9.20. The van der Waals surface area contributed by atoms with E-state index in [0.29, 0.717) is 27.8 Å². The summed E-state index contributed by atoms with van der Waals surface area (Å²) in [7, 11) is 0. The maximum atomic E-state index is 13.3. The molecule has 0 spiro atoms.